The number of carbonyl (C=O) groups is 2. The summed E-state index contributed by atoms with van der Waals surface area (Å²) in [6, 6.07) is 6.49. The second-order valence-electron chi connectivity index (χ2n) is 5.52. The highest BCUT2D eigenvalue weighted by molar-refractivity contribution is 5.78. The minimum Gasteiger partial charge on any atom is -0.466 e. The van der Waals surface area contributed by atoms with Gasteiger partial charge in [0, 0.05) is 19.5 Å². The van der Waals surface area contributed by atoms with Crippen LogP contribution in [0.2, 0.25) is 0 Å². The number of nitrogens with zero attached hydrogens (tertiary/aromatic N) is 1. The molecule has 0 aliphatic carbocycles. The lowest BCUT2D eigenvalue weighted by Gasteiger charge is -2.31. The molecule has 0 spiro atoms. The lowest BCUT2D eigenvalue weighted by molar-refractivity contribution is -0.151. The van der Waals surface area contributed by atoms with Gasteiger partial charge >= 0.3 is 5.97 Å². The van der Waals surface area contributed by atoms with Crippen molar-refractivity contribution < 1.29 is 18.7 Å². The standard InChI is InChI=1S/C17H22FNO3/c1-2-22-17(21)14-7-5-11-19(12-14)16(20)10-9-13-6-3-4-8-15(13)18/h3-4,6,8,14H,2,5,7,9-12H2,1H3. The van der Waals surface area contributed by atoms with E-state index in [4.69, 9.17) is 4.74 Å². The zero-order chi connectivity index (χ0) is 15.9. The number of esters is 1. The largest absolute Gasteiger partial charge is 0.466 e. The molecule has 1 amide bonds. The topological polar surface area (TPSA) is 46.6 Å². The van der Waals surface area contributed by atoms with Crippen LogP contribution in [0.5, 0.6) is 0 Å². The number of likely N-dealkylation sites (tertiary alicyclic amines) is 1. The van der Waals surface area contributed by atoms with Crippen LogP contribution in [0.3, 0.4) is 0 Å². The van der Waals surface area contributed by atoms with Gasteiger partial charge in [0.15, 0.2) is 0 Å². The number of ether oxygens (including phenoxy) is 1. The molecule has 0 aromatic heterocycles. The number of amides is 1. The molecule has 1 aliphatic rings. The molecule has 2 rings (SSSR count). The van der Waals surface area contributed by atoms with Crippen LogP contribution in [0.15, 0.2) is 24.3 Å². The first-order chi connectivity index (χ1) is 10.6. The van der Waals surface area contributed by atoms with E-state index in [1.54, 1.807) is 30.0 Å². The number of hydrogen-bond donors (Lipinski definition) is 0. The monoisotopic (exact) mass is 307 g/mol. The molecular weight excluding hydrogens is 285 g/mol. The summed E-state index contributed by atoms with van der Waals surface area (Å²) in [6.07, 6.45) is 2.20. The van der Waals surface area contributed by atoms with E-state index in [0.29, 0.717) is 31.7 Å². The molecule has 1 unspecified atom stereocenters. The molecule has 5 heteroatoms. The summed E-state index contributed by atoms with van der Waals surface area (Å²) in [6.45, 7) is 3.20. The van der Waals surface area contributed by atoms with E-state index in [0.717, 1.165) is 12.8 Å². The summed E-state index contributed by atoms with van der Waals surface area (Å²) in [5, 5.41) is 0. The Balaban J connectivity index is 1.87. The van der Waals surface area contributed by atoms with Crippen molar-refractivity contribution in [1.29, 1.82) is 0 Å². The van der Waals surface area contributed by atoms with Crippen molar-refractivity contribution >= 4 is 11.9 Å². The highest BCUT2D eigenvalue weighted by atomic mass is 19.1. The highest BCUT2D eigenvalue weighted by Crippen LogP contribution is 2.19. The number of aryl methyl sites for hydroxylation is 1. The van der Waals surface area contributed by atoms with Gasteiger partial charge in [-0.05, 0) is 37.8 Å². The molecule has 0 saturated carbocycles. The van der Waals surface area contributed by atoms with E-state index in [2.05, 4.69) is 0 Å². The van der Waals surface area contributed by atoms with E-state index in [9.17, 15) is 14.0 Å². The minimum atomic E-state index is -0.279. The lowest BCUT2D eigenvalue weighted by Crippen LogP contribution is -2.42. The van der Waals surface area contributed by atoms with Crippen molar-refractivity contribution in [1.82, 2.24) is 4.90 Å². The molecule has 1 aliphatic heterocycles. The molecule has 0 N–H and O–H groups in total. The first-order valence-corrected chi connectivity index (χ1v) is 7.79. The van der Waals surface area contributed by atoms with Crippen LogP contribution in [0, 0.1) is 11.7 Å². The van der Waals surface area contributed by atoms with Crippen LogP contribution < -0.4 is 0 Å². The Morgan fingerprint density at radius 1 is 1.36 bits per heavy atom. The zero-order valence-corrected chi connectivity index (χ0v) is 12.9. The van der Waals surface area contributed by atoms with E-state index in [-0.39, 0.29) is 30.0 Å². The second-order valence-corrected chi connectivity index (χ2v) is 5.52. The fourth-order valence-corrected chi connectivity index (χ4v) is 2.76. The van der Waals surface area contributed by atoms with Gasteiger partial charge < -0.3 is 9.64 Å². The van der Waals surface area contributed by atoms with E-state index >= 15 is 0 Å². The molecular formula is C17H22FNO3. The summed E-state index contributed by atoms with van der Waals surface area (Å²) in [4.78, 5) is 25.7. The van der Waals surface area contributed by atoms with Crippen molar-refractivity contribution in [2.24, 2.45) is 5.92 Å². The predicted molar refractivity (Wildman–Crippen MR) is 80.7 cm³/mol. The van der Waals surface area contributed by atoms with Gasteiger partial charge in [-0.2, -0.15) is 0 Å². The van der Waals surface area contributed by atoms with Gasteiger partial charge in [-0.25, -0.2) is 4.39 Å². The smallest absolute Gasteiger partial charge is 0.310 e. The molecule has 1 saturated heterocycles. The van der Waals surface area contributed by atoms with Crippen molar-refractivity contribution in [3.8, 4) is 0 Å². The lowest BCUT2D eigenvalue weighted by atomic mass is 9.97. The van der Waals surface area contributed by atoms with Gasteiger partial charge in [0.2, 0.25) is 5.91 Å². The Labute approximate surface area is 130 Å². The molecule has 1 atom stereocenters. The molecule has 1 aromatic rings. The fraction of sp³-hybridized carbons (Fsp3) is 0.529. The van der Waals surface area contributed by atoms with Gasteiger partial charge in [0.25, 0.3) is 0 Å². The van der Waals surface area contributed by atoms with Gasteiger partial charge in [0.1, 0.15) is 5.82 Å². The van der Waals surface area contributed by atoms with Crippen LogP contribution in [-0.2, 0) is 20.7 Å². The third-order valence-electron chi connectivity index (χ3n) is 3.96. The second kappa shape index (κ2) is 7.92. The number of halogens is 1. The van der Waals surface area contributed by atoms with Crippen molar-refractivity contribution in [3.63, 3.8) is 0 Å². The Hall–Kier alpha value is -1.91. The Bertz CT molecular complexity index is 532. The normalized spacial score (nSPS) is 18.1. The number of hydrogen-bond acceptors (Lipinski definition) is 3. The van der Waals surface area contributed by atoms with Crippen molar-refractivity contribution in [2.45, 2.75) is 32.6 Å². The average molecular weight is 307 g/mol. The molecule has 120 valence electrons. The molecule has 1 aromatic carbocycles. The number of carbonyl (C=O) groups excluding carboxylic acids is 2. The van der Waals surface area contributed by atoms with Gasteiger partial charge in [-0.3, -0.25) is 9.59 Å². The first kappa shape index (κ1) is 16.5. The van der Waals surface area contributed by atoms with Crippen molar-refractivity contribution in [3.05, 3.63) is 35.6 Å². The number of benzene rings is 1. The molecule has 22 heavy (non-hydrogen) atoms. The van der Waals surface area contributed by atoms with Crippen LogP contribution in [0.1, 0.15) is 31.7 Å². The number of rotatable bonds is 5. The molecule has 0 bridgehead atoms. The Morgan fingerprint density at radius 3 is 2.86 bits per heavy atom. The quantitative estimate of drug-likeness (QED) is 0.785. The maximum absolute atomic E-state index is 13.5. The van der Waals surface area contributed by atoms with Gasteiger partial charge in [0.05, 0.1) is 12.5 Å². The van der Waals surface area contributed by atoms with E-state index in [1.807, 2.05) is 0 Å². The summed E-state index contributed by atoms with van der Waals surface area (Å²) in [5.41, 5.74) is 0.551. The Morgan fingerprint density at radius 2 is 2.14 bits per heavy atom. The molecule has 1 heterocycles. The zero-order valence-electron chi connectivity index (χ0n) is 12.9. The molecule has 1 fully saturated rings. The third-order valence-corrected chi connectivity index (χ3v) is 3.96. The molecule has 0 radical (unpaired) electrons. The fourth-order valence-electron chi connectivity index (χ4n) is 2.76. The predicted octanol–water partition coefficient (Wildman–Crippen LogP) is 2.56. The maximum atomic E-state index is 13.5. The van der Waals surface area contributed by atoms with Gasteiger partial charge in [-0.15, -0.1) is 0 Å². The van der Waals surface area contributed by atoms with E-state index < -0.39 is 0 Å². The number of piperidine rings is 1. The van der Waals surface area contributed by atoms with Crippen LogP contribution >= 0.6 is 0 Å². The van der Waals surface area contributed by atoms with Crippen molar-refractivity contribution in [2.75, 3.05) is 19.7 Å². The SMILES string of the molecule is CCOC(=O)C1CCCN(C(=O)CCc2ccccc2F)C1. The summed E-state index contributed by atoms with van der Waals surface area (Å²) in [5.74, 6) is -0.768. The van der Waals surface area contributed by atoms with Gasteiger partial charge in [-0.1, -0.05) is 18.2 Å². The van der Waals surface area contributed by atoms with Crippen LogP contribution in [0.4, 0.5) is 4.39 Å². The summed E-state index contributed by atoms with van der Waals surface area (Å²) < 4.78 is 18.6. The Kier molecular flexibility index (Phi) is 5.92. The average Bonchev–Trinajstić information content (AvgIpc) is 2.54. The van der Waals surface area contributed by atoms with E-state index in [1.165, 1.54) is 6.07 Å². The first-order valence-electron chi connectivity index (χ1n) is 7.79. The minimum absolute atomic E-state index is 0.0303. The summed E-state index contributed by atoms with van der Waals surface area (Å²) >= 11 is 0. The highest BCUT2D eigenvalue weighted by Gasteiger charge is 2.29. The van der Waals surface area contributed by atoms with Crippen LogP contribution in [-0.4, -0.2) is 36.5 Å². The maximum Gasteiger partial charge on any atom is 0.310 e. The molecule has 4 nitrogen and oxygen atoms in total. The summed E-state index contributed by atoms with van der Waals surface area (Å²) in [7, 11) is 0. The third kappa shape index (κ3) is 4.29. The van der Waals surface area contributed by atoms with Crippen LogP contribution in [0.25, 0.3) is 0 Å².